The molecule has 140 valence electrons. The molecule has 1 atom stereocenters. The van der Waals surface area contributed by atoms with Crippen LogP contribution in [0.15, 0.2) is 30.3 Å². The minimum Gasteiger partial charge on any atom is -0.447 e. The van der Waals surface area contributed by atoms with Crippen LogP contribution < -0.4 is 5.32 Å². The second kappa shape index (κ2) is 8.21. The molecule has 1 N–H and O–H groups in total. The van der Waals surface area contributed by atoms with Gasteiger partial charge in [0.1, 0.15) is 12.6 Å². The van der Waals surface area contributed by atoms with Crippen LogP contribution in [0.4, 0.5) is 4.79 Å². The fourth-order valence-electron chi connectivity index (χ4n) is 3.58. The van der Waals surface area contributed by atoms with E-state index in [1.807, 2.05) is 47.1 Å². The average Bonchev–Trinajstić information content (AvgIpc) is 3.12. The minimum atomic E-state index is -0.599. The number of ether oxygens (including phenoxy) is 1. The molecule has 3 amide bonds. The normalized spacial score (nSPS) is 20.4. The third-order valence-corrected chi connectivity index (χ3v) is 4.93. The van der Waals surface area contributed by atoms with Crippen molar-refractivity contribution in [1.29, 1.82) is 0 Å². The Kier molecular flexibility index (Phi) is 5.75. The number of nitrogens with zero attached hydrogens (tertiary/aromatic N) is 2. The Morgan fingerprint density at radius 2 is 1.92 bits per heavy atom. The van der Waals surface area contributed by atoms with Crippen molar-refractivity contribution in [3.8, 4) is 0 Å². The highest BCUT2D eigenvalue weighted by molar-refractivity contribution is 5.94. The van der Waals surface area contributed by atoms with Crippen LogP contribution in [0.3, 0.4) is 0 Å². The number of alkyl carbamates (subject to hydrolysis) is 1. The molecule has 0 saturated carbocycles. The van der Waals surface area contributed by atoms with Gasteiger partial charge in [0, 0.05) is 31.2 Å². The standard InChI is InChI=1S/C19H25N3O4/c1-2-10-22(18(24)16-13-26-19(25)20-16)15-8-11-21(12-9-15)17(23)14-6-4-3-5-7-14/h3-7,15-16H,2,8-13H2,1H3,(H,20,25). The van der Waals surface area contributed by atoms with E-state index < -0.39 is 12.1 Å². The van der Waals surface area contributed by atoms with Gasteiger partial charge in [0.2, 0.25) is 5.91 Å². The van der Waals surface area contributed by atoms with Gasteiger partial charge in [-0.1, -0.05) is 25.1 Å². The van der Waals surface area contributed by atoms with Gasteiger partial charge >= 0.3 is 6.09 Å². The van der Waals surface area contributed by atoms with Crippen LogP contribution >= 0.6 is 0 Å². The molecule has 2 aliphatic rings. The summed E-state index contributed by atoms with van der Waals surface area (Å²) in [4.78, 5) is 40.2. The molecule has 26 heavy (non-hydrogen) atoms. The Bertz CT molecular complexity index is 656. The van der Waals surface area contributed by atoms with Gasteiger partial charge in [-0.3, -0.25) is 9.59 Å². The van der Waals surface area contributed by atoms with E-state index in [1.54, 1.807) is 0 Å². The Labute approximate surface area is 153 Å². The molecule has 3 rings (SSSR count). The summed E-state index contributed by atoms with van der Waals surface area (Å²) < 4.78 is 4.85. The minimum absolute atomic E-state index is 0.0360. The molecule has 2 saturated heterocycles. The highest BCUT2D eigenvalue weighted by Crippen LogP contribution is 2.20. The lowest BCUT2D eigenvalue weighted by molar-refractivity contribution is -0.136. The topological polar surface area (TPSA) is 79.0 Å². The van der Waals surface area contributed by atoms with Crippen molar-refractivity contribution in [3.63, 3.8) is 0 Å². The Morgan fingerprint density at radius 1 is 1.23 bits per heavy atom. The van der Waals surface area contributed by atoms with Crippen molar-refractivity contribution < 1.29 is 19.1 Å². The van der Waals surface area contributed by atoms with Crippen molar-refractivity contribution in [2.45, 2.75) is 38.3 Å². The third kappa shape index (κ3) is 3.98. The fourth-order valence-corrected chi connectivity index (χ4v) is 3.58. The van der Waals surface area contributed by atoms with Crippen molar-refractivity contribution >= 4 is 17.9 Å². The molecule has 0 spiro atoms. The van der Waals surface area contributed by atoms with Gasteiger partial charge in [0.05, 0.1) is 0 Å². The average molecular weight is 359 g/mol. The van der Waals surface area contributed by atoms with E-state index in [0.29, 0.717) is 25.2 Å². The number of amides is 3. The molecule has 0 bridgehead atoms. The van der Waals surface area contributed by atoms with Gasteiger partial charge in [-0.25, -0.2) is 4.79 Å². The second-order valence-corrected chi connectivity index (χ2v) is 6.72. The number of carbonyl (C=O) groups excluding carboxylic acids is 3. The van der Waals surface area contributed by atoms with Crippen LogP contribution in [0.5, 0.6) is 0 Å². The first-order valence-electron chi connectivity index (χ1n) is 9.18. The van der Waals surface area contributed by atoms with Gasteiger partial charge in [0.25, 0.3) is 5.91 Å². The lowest BCUT2D eigenvalue weighted by Gasteiger charge is -2.39. The second-order valence-electron chi connectivity index (χ2n) is 6.72. The van der Waals surface area contributed by atoms with Gasteiger partial charge in [-0.15, -0.1) is 0 Å². The number of piperidine rings is 1. The first kappa shape index (κ1) is 18.2. The van der Waals surface area contributed by atoms with Crippen LogP contribution in [0.1, 0.15) is 36.5 Å². The highest BCUT2D eigenvalue weighted by Gasteiger charge is 2.36. The van der Waals surface area contributed by atoms with Crippen molar-refractivity contribution in [1.82, 2.24) is 15.1 Å². The van der Waals surface area contributed by atoms with E-state index in [4.69, 9.17) is 4.74 Å². The Balaban J connectivity index is 1.60. The molecule has 7 nitrogen and oxygen atoms in total. The summed E-state index contributed by atoms with van der Waals surface area (Å²) in [6.45, 7) is 4.00. The summed E-state index contributed by atoms with van der Waals surface area (Å²) in [5, 5.41) is 2.56. The molecule has 2 heterocycles. The number of rotatable bonds is 5. The van der Waals surface area contributed by atoms with E-state index in [1.165, 1.54) is 0 Å². The maximum absolute atomic E-state index is 12.8. The Morgan fingerprint density at radius 3 is 2.50 bits per heavy atom. The first-order chi connectivity index (χ1) is 12.6. The van der Waals surface area contributed by atoms with E-state index >= 15 is 0 Å². The number of cyclic esters (lactones) is 1. The molecule has 1 unspecified atom stereocenters. The zero-order chi connectivity index (χ0) is 18.5. The van der Waals surface area contributed by atoms with Crippen molar-refractivity contribution in [2.24, 2.45) is 0 Å². The summed E-state index contributed by atoms with van der Waals surface area (Å²) in [6, 6.07) is 8.74. The summed E-state index contributed by atoms with van der Waals surface area (Å²) in [5.74, 6) is -0.0561. The molecule has 2 fully saturated rings. The quantitative estimate of drug-likeness (QED) is 0.867. The van der Waals surface area contributed by atoms with Gasteiger partial charge < -0.3 is 19.9 Å². The fraction of sp³-hybridized carbons (Fsp3) is 0.526. The number of carbonyl (C=O) groups is 3. The molecule has 1 aromatic carbocycles. The zero-order valence-corrected chi connectivity index (χ0v) is 15.0. The van der Waals surface area contributed by atoms with Crippen LogP contribution in [-0.4, -0.2) is 66.0 Å². The number of nitrogens with one attached hydrogen (secondary N) is 1. The lowest BCUT2D eigenvalue weighted by atomic mass is 10.0. The van der Waals surface area contributed by atoms with Crippen LogP contribution in [0.25, 0.3) is 0 Å². The summed E-state index contributed by atoms with van der Waals surface area (Å²) in [6.07, 6.45) is 1.79. The third-order valence-electron chi connectivity index (χ3n) is 4.93. The molecule has 0 radical (unpaired) electrons. The molecule has 0 aromatic heterocycles. The number of benzene rings is 1. The maximum atomic E-state index is 12.8. The summed E-state index contributed by atoms with van der Waals surface area (Å²) in [7, 11) is 0. The highest BCUT2D eigenvalue weighted by atomic mass is 16.6. The van der Waals surface area contributed by atoms with Crippen molar-refractivity contribution in [2.75, 3.05) is 26.2 Å². The number of hydrogen-bond acceptors (Lipinski definition) is 4. The van der Waals surface area contributed by atoms with Crippen LogP contribution in [0, 0.1) is 0 Å². The monoisotopic (exact) mass is 359 g/mol. The molecule has 7 heteroatoms. The van der Waals surface area contributed by atoms with Crippen LogP contribution in [0.2, 0.25) is 0 Å². The molecule has 1 aromatic rings. The largest absolute Gasteiger partial charge is 0.447 e. The number of hydrogen-bond donors (Lipinski definition) is 1. The van der Waals surface area contributed by atoms with E-state index in [0.717, 1.165) is 19.3 Å². The summed E-state index contributed by atoms with van der Waals surface area (Å²) >= 11 is 0. The van der Waals surface area contributed by atoms with Crippen LogP contribution in [-0.2, 0) is 9.53 Å². The number of likely N-dealkylation sites (tertiary alicyclic amines) is 1. The molecular formula is C19H25N3O4. The van der Waals surface area contributed by atoms with E-state index in [2.05, 4.69) is 5.32 Å². The van der Waals surface area contributed by atoms with Crippen molar-refractivity contribution in [3.05, 3.63) is 35.9 Å². The zero-order valence-electron chi connectivity index (χ0n) is 15.0. The van der Waals surface area contributed by atoms with Gasteiger partial charge in [0.15, 0.2) is 0 Å². The van der Waals surface area contributed by atoms with Gasteiger partial charge in [-0.2, -0.15) is 0 Å². The first-order valence-corrected chi connectivity index (χ1v) is 9.18. The predicted octanol–water partition coefficient (Wildman–Crippen LogP) is 1.64. The van der Waals surface area contributed by atoms with E-state index in [-0.39, 0.29) is 24.5 Å². The van der Waals surface area contributed by atoms with Gasteiger partial charge in [-0.05, 0) is 31.4 Å². The SMILES string of the molecule is CCCN(C(=O)C1COC(=O)N1)C1CCN(C(=O)c2ccccc2)CC1. The summed E-state index contributed by atoms with van der Waals surface area (Å²) in [5.41, 5.74) is 0.693. The Hall–Kier alpha value is -2.57. The molecular weight excluding hydrogens is 334 g/mol. The smallest absolute Gasteiger partial charge is 0.407 e. The maximum Gasteiger partial charge on any atom is 0.407 e. The lowest BCUT2D eigenvalue weighted by Crippen LogP contribution is -2.53. The molecule has 2 aliphatic heterocycles. The predicted molar refractivity (Wildman–Crippen MR) is 95.6 cm³/mol. The molecule has 0 aliphatic carbocycles. The van der Waals surface area contributed by atoms with E-state index in [9.17, 15) is 14.4 Å².